The minimum atomic E-state index is -0.138. The minimum absolute atomic E-state index is 0.138. The molecule has 3 rings (SSSR count). The van der Waals surface area contributed by atoms with Crippen molar-refractivity contribution in [2.45, 2.75) is 6.42 Å². The number of para-hydroxylation sites is 1. The molecule has 5 nitrogen and oxygen atoms in total. The molecule has 0 bridgehead atoms. The molecule has 0 saturated heterocycles. The lowest BCUT2D eigenvalue weighted by atomic mass is 10.1. The van der Waals surface area contributed by atoms with E-state index in [1.54, 1.807) is 18.7 Å². The van der Waals surface area contributed by atoms with Crippen molar-refractivity contribution in [2.24, 2.45) is 7.05 Å². The molecular formula is C15H15N3O2. The Hall–Kier alpha value is -2.56. The van der Waals surface area contributed by atoms with E-state index in [1.165, 1.54) is 6.20 Å². The first-order chi connectivity index (χ1) is 9.70. The number of aromatic nitrogens is 3. The number of hydrogen-bond acceptors (Lipinski definition) is 3. The fraction of sp³-hybridized carbons (Fsp3) is 0.200. The van der Waals surface area contributed by atoms with Crippen LogP contribution < -0.4 is 10.3 Å². The molecule has 20 heavy (non-hydrogen) atoms. The van der Waals surface area contributed by atoms with Crippen LogP contribution in [0.25, 0.3) is 10.9 Å². The molecule has 0 aliphatic heterocycles. The first-order valence-corrected chi connectivity index (χ1v) is 6.34. The summed E-state index contributed by atoms with van der Waals surface area (Å²) in [5.41, 5.74) is 2.82. The van der Waals surface area contributed by atoms with Gasteiger partial charge < -0.3 is 14.3 Å². The minimum Gasteiger partial charge on any atom is -0.480 e. The van der Waals surface area contributed by atoms with Crippen LogP contribution in [-0.4, -0.2) is 21.6 Å². The third-order valence-corrected chi connectivity index (χ3v) is 3.50. The van der Waals surface area contributed by atoms with E-state index in [0.29, 0.717) is 12.3 Å². The second-order valence-corrected chi connectivity index (χ2v) is 4.65. The van der Waals surface area contributed by atoms with E-state index < -0.39 is 0 Å². The van der Waals surface area contributed by atoms with Crippen molar-refractivity contribution in [2.75, 3.05) is 7.11 Å². The number of benzene rings is 1. The van der Waals surface area contributed by atoms with Gasteiger partial charge in [0.15, 0.2) is 0 Å². The van der Waals surface area contributed by atoms with Crippen molar-refractivity contribution in [1.82, 2.24) is 14.5 Å². The van der Waals surface area contributed by atoms with E-state index in [-0.39, 0.29) is 5.56 Å². The number of H-pyrrole nitrogens is 1. The fourth-order valence-electron chi connectivity index (χ4n) is 2.37. The highest BCUT2D eigenvalue weighted by atomic mass is 16.5. The number of hydrogen-bond donors (Lipinski definition) is 1. The summed E-state index contributed by atoms with van der Waals surface area (Å²) in [5.74, 6) is 0.484. The third kappa shape index (κ3) is 1.97. The molecule has 0 amide bonds. The first-order valence-electron chi connectivity index (χ1n) is 6.34. The molecule has 0 aliphatic carbocycles. The molecule has 0 radical (unpaired) electrons. The molecule has 2 aromatic heterocycles. The summed E-state index contributed by atoms with van der Waals surface area (Å²) in [4.78, 5) is 19.0. The number of methoxy groups -OCH3 is 1. The van der Waals surface area contributed by atoms with Gasteiger partial charge in [-0.05, 0) is 11.6 Å². The standard InChI is InChI=1S/C15H15N3O2/c1-18-13(15(20-2)17-9-14(18)19)7-10-8-16-12-6-4-3-5-11(10)12/h3-6,8-9,16H,7H2,1-2H3. The lowest BCUT2D eigenvalue weighted by molar-refractivity contribution is 0.385. The van der Waals surface area contributed by atoms with Gasteiger partial charge in [-0.1, -0.05) is 18.2 Å². The molecule has 0 atom stereocenters. The van der Waals surface area contributed by atoms with E-state index in [2.05, 4.69) is 16.0 Å². The summed E-state index contributed by atoms with van der Waals surface area (Å²) in [6, 6.07) is 8.07. The van der Waals surface area contributed by atoms with Gasteiger partial charge in [0.25, 0.3) is 5.56 Å². The van der Waals surface area contributed by atoms with Crippen LogP contribution in [0.15, 0.2) is 41.5 Å². The molecule has 0 unspecified atom stereocenters. The maximum Gasteiger partial charge on any atom is 0.269 e. The monoisotopic (exact) mass is 269 g/mol. The second-order valence-electron chi connectivity index (χ2n) is 4.65. The molecule has 5 heteroatoms. The van der Waals surface area contributed by atoms with E-state index in [9.17, 15) is 4.79 Å². The Labute approximate surface area is 115 Å². The Bertz CT molecular complexity index is 817. The van der Waals surface area contributed by atoms with Crippen LogP contribution in [0.5, 0.6) is 5.88 Å². The molecule has 0 fully saturated rings. The summed E-state index contributed by atoms with van der Waals surface area (Å²) in [6.45, 7) is 0. The van der Waals surface area contributed by atoms with Crippen molar-refractivity contribution < 1.29 is 4.74 Å². The van der Waals surface area contributed by atoms with Gasteiger partial charge in [-0.25, -0.2) is 4.98 Å². The molecule has 0 saturated carbocycles. The number of aromatic amines is 1. The average molecular weight is 269 g/mol. The largest absolute Gasteiger partial charge is 0.480 e. The summed E-state index contributed by atoms with van der Waals surface area (Å²) in [7, 11) is 3.29. The smallest absolute Gasteiger partial charge is 0.269 e. The lowest BCUT2D eigenvalue weighted by Crippen LogP contribution is -2.21. The molecule has 1 aromatic carbocycles. The molecule has 0 aliphatic rings. The van der Waals surface area contributed by atoms with Gasteiger partial charge in [-0.15, -0.1) is 0 Å². The molecule has 102 valence electrons. The molecule has 0 spiro atoms. The number of nitrogens with one attached hydrogen (secondary N) is 1. The van der Waals surface area contributed by atoms with E-state index >= 15 is 0 Å². The maximum absolute atomic E-state index is 11.7. The van der Waals surface area contributed by atoms with Gasteiger partial charge in [0, 0.05) is 30.6 Å². The van der Waals surface area contributed by atoms with Crippen LogP contribution in [0, 0.1) is 0 Å². The summed E-state index contributed by atoms with van der Waals surface area (Å²) < 4.78 is 6.84. The second kappa shape index (κ2) is 4.85. The predicted octanol–water partition coefficient (Wildman–Crippen LogP) is 1.86. The Kier molecular flexibility index (Phi) is 3.02. The number of ether oxygens (including phenoxy) is 1. The highest BCUT2D eigenvalue weighted by Gasteiger charge is 2.13. The van der Waals surface area contributed by atoms with Crippen LogP contribution in [0.3, 0.4) is 0 Å². The van der Waals surface area contributed by atoms with Gasteiger partial charge in [0.05, 0.1) is 19.0 Å². The normalized spacial score (nSPS) is 10.9. The lowest BCUT2D eigenvalue weighted by Gasteiger charge is -2.11. The summed E-state index contributed by atoms with van der Waals surface area (Å²) in [6.07, 6.45) is 3.83. The Balaban J connectivity index is 2.11. The topological polar surface area (TPSA) is 59.9 Å². The zero-order valence-corrected chi connectivity index (χ0v) is 11.4. The maximum atomic E-state index is 11.7. The van der Waals surface area contributed by atoms with Crippen LogP contribution in [0.4, 0.5) is 0 Å². The highest BCUT2D eigenvalue weighted by Crippen LogP contribution is 2.23. The van der Waals surface area contributed by atoms with E-state index in [4.69, 9.17) is 4.74 Å². The quantitative estimate of drug-likeness (QED) is 0.789. The SMILES string of the molecule is COc1ncc(=O)n(C)c1Cc1c[nH]c2ccccc12. The zero-order valence-electron chi connectivity index (χ0n) is 11.4. The van der Waals surface area contributed by atoms with E-state index in [1.807, 2.05) is 24.4 Å². The van der Waals surface area contributed by atoms with Crippen LogP contribution in [0.2, 0.25) is 0 Å². The Morgan fingerprint density at radius 1 is 1.35 bits per heavy atom. The number of rotatable bonds is 3. The molecule has 1 N–H and O–H groups in total. The van der Waals surface area contributed by atoms with E-state index in [0.717, 1.165) is 22.2 Å². The molecular weight excluding hydrogens is 254 g/mol. The van der Waals surface area contributed by atoms with Crippen molar-refractivity contribution in [1.29, 1.82) is 0 Å². The summed E-state index contributed by atoms with van der Waals surface area (Å²) >= 11 is 0. The number of fused-ring (bicyclic) bond motifs is 1. The molecule has 2 heterocycles. The van der Waals surface area contributed by atoms with Gasteiger partial charge in [-0.2, -0.15) is 0 Å². The van der Waals surface area contributed by atoms with Crippen molar-refractivity contribution >= 4 is 10.9 Å². The Morgan fingerprint density at radius 3 is 2.95 bits per heavy atom. The predicted molar refractivity (Wildman–Crippen MR) is 77.1 cm³/mol. The fourth-order valence-corrected chi connectivity index (χ4v) is 2.37. The van der Waals surface area contributed by atoms with Crippen LogP contribution >= 0.6 is 0 Å². The van der Waals surface area contributed by atoms with Crippen molar-refractivity contribution in [3.63, 3.8) is 0 Å². The van der Waals surface area contributed by atoms with Crippen molar-refractivity contribution in [3.05, 3.63) is 58.3 Å². The third-order valence-electron chi connectivity index (χ3n) is 3.50. The van der Waals surface area contributed by atoms with Crippen molar-refractivity contribution in [3.8, 4) is 5.88 Å². The first kappa shape index (κ1) is 12.5. The highest BCUT2D eigenvalue weighted by molar-refractivity contribution is 5.83. The van der Waals surface area contributed by atoms with Crippen LogP contribution in [-0.2, 0) is 13.5 Å². The average Bonchev–Trinajstić information content (AvgIpc) is 2.88. The Morgan fingerprint density at radius 2 is 2.15 bits per heavy atom. The van der Waals surface area contributed by atoms with Gasteiger partial charge in [0.2, 0.25) is 5.88 Å². The van der Waals surface area contributed by atoms with Gasteiger partial charge in [0.1, 0.15) is 0 Å². The van der Waals surface area contributed by atoms with Gasteiger partial charge in [-0.3, -0.25) is 4.79 Å². The zero-order chi connectivity index (χ0) is 14.1. The van der Waals surface area contributed by atoms with Crippen LogP contribution in [0.1, 0.15) is 11.3 Å². The summed E-state index contributed by atoms with van der Waals surface area (Å²) in [5, 5.41) is 1.14. The van der Waals surface area contributed by atoms with Gasteiger partial charge >= 0.3 is 0 Å². The molecule has 3 aromatic rings. The number of nitrogens with zero attached hydrogens (tertiary/aromatic N) is 2.